The van der Waals surface area contributed by atoms with Crippen LogP contribution in [0.2, 0.25) is 0 Å². The van der Waals surface area contributed by atoms with Crippen molar-refractivity contribution in [2.75, 3.05) is 26.8 Å². The Bertz CT molecular complexity index is 876. The zero-order valence-corrected chi connectivity index (χ0v) is 38.5. The number of rotatable bonds is 42. The Hall–Kier alpha value is -1.63. The van der Waals surface area contributed by atoms with Gasteiger partial charge in [-0.25, -0.2) is 0 Å². The number of likely N-dealkylation sites (N-methyl/N-ethyl adjacent to an activating group) is 1. The quantitative estimate of drug-likeness (QED) is 0.0489. The highest BCUT2D eigenvalue weighted by Gasteiger charge is 2.17. The fourth-order valence-corrected chi connectivity index (χ4v) is 7.76. The topological polar surface area (TPSA) is 84.9 Å². The molecule has 1 N–H and O–H groups in total. The largest absolute Gasteiger partial charge is 0.466 e. The third kappa shape index (κ3) is 35.5. The standard InChI is InChI=1S/C49H96N2O5/c1-8-12-24-32-44(33-25-13-9-2)40-48(53)55-38-30-22-18-16-17-20-28-36-46(50-47(52)42-51(7)43(5)6)37-29-21-19-23-31-39-56-49(54)41-45(34-26-14-10-3)35-27-15-11-4/h43-46H,8-42H2,1-7H3,(H,50,52). The van der Waals surface area contributed by atoms with E-state index in [1.54, 1.807) is 0 Å². The van der Waals surface area contributed by atoms with Crippen LogP contribution in [0, 0.1) is 11.8 Å². The van der Waals surface area contributed by atoms with Crippen molar-refractivity contribution < 1.29 is 23.9 Å². The number of hydrogen-bond acceptors (Lipinski definition) is 6. The second-order valence-electron chi connectivity index (χ2n) is 17.7. The van der Waals surface area contributed by atoms with Crippen LogP contribution in [0.1, 0.15) is 247 Å². The van der Waals surface area contributed by atoms with Crippen molar-refractivity contribution in [2.24, 2.45) is 11.8 Å². The van der Waals surface area contributed by atoms with Crippen LogP contribution in [0.15, 0.2) is 0 Å². The van der Waals surface area contributed by atoms with E-state index in [0.717, 1.165) is 89.9 Å². The summed E-state index contributed by atoms with van der Waals surface area (Å²) in [6.45, 7) is 14.7. The van der Waals surface area contributed by atoms with Gasteiger partial charge in [-0.1, -0.05) is 169 Å². The lowest BCUT2D eigenvalue weighted by Crippen LogP contribution is -2.42. The third-order valence-corrected chi connectivity index (χ3v) is 11.8. The van der Waals surface area contributed by atoms with Crippen molar-refractivity contribution >= 4 is 17.8 Å². The molecule has 1 atom stereocenters. The van der Waals surface area contributed by atoms with Crippen LogP contribution >= 0.6 is 0 Å². The maximum Gasteiger partial charge on any atom is 0.306 e. The summed E-state index contributed by atoms with van der Waals surface area (Å²) in [6.07, 6.45) is 36.2. The molecule has 0 aromatic rings. The van der Waals surface area contributed by atoms with Gasteiger partial charge in [0, 0.05) is 24.9 Å². The maximum atomic E-state index is 12.9. The minimum atomic E-state index is -0.00272. The summed E-state index contributed by atoms with van der Waals surface area (Å²) < 4.78 is 11.3. The van der Waals surface area contributed by atoms with Crippen LogP contribution in [0.4, 0.5) is 0 Å². The molecule has 332 valence electrons. The molecule has 1 unspecified atom stereocenters. The zero-order chi connectivity index (χ0) is 41.5. The molecule has 0 fully saturated rings. The molecular formula is C49H96N2O5. The fourth-order valence-electron chi connectivity index (χ4n) is 7.76. The Kier molecular flexibility index (Phi) is 39.0. The molecule has 0 heterocycles. The molecule has 0 aliphatic rings. The first-order valence-corrected chi connectivity index (χ1v) is 24.5. The van der Waals surface area contributed by atoms with Gasteiger partial charge in [0.1, 0.15) is 0 Å². The number of amides is 1. The molecule has 0 saturated carbocycles. The molecule has 0 spiro atoms. The van der Waals surface area contributed by atoms with Crippen LogP contribution < -0.4 is 5.32 Å². The van der Waals surface area contributed by atoms with Crippen molar-refractivity contribution in [1.82, 2.24) is 10.2 Å². The SMILES string of the molecule is CCCCCC(CCCCC)CC(=O)OCCCCCCCCCC(CCCCCCCOC(=O)CC(CCCCC)CCCCC)NC(=O)CN(C)C(C)C. The molecule has 0 aromatic heterocycles. The van der Waals surface area contributed by atoms with Crippen LogP contribution in [0.25, 0.3) is 0 Å². The Morgan fingerprint density at radius 2 is 0.786 bits per heavy atom. The highest BCUT2D eigenvalue weighted by Crippen LogP contribution is 2.23. The van der Waals surface area contributed by atoms with Crippen LogP contribution in [0.5, 0.6) is 0 Å². The summed E-state index contributed by atoms with van der Waals surface area (Å²) in [4.78, 5) is 40.0. The zero-order valence-electron chi connectivity index (χ0n) is 38.5. The number of ether oxygens (including phenoxy) is 2. The third-order valence-electron chi connectivity index (χ3n) is 11.8. The van der Waals surface area contributed by atoms with Gasteiger partial charge in [-0.15, -0.1) is 0 Å². The van der Waals surface area contributed by atoms with Gasteiger partial charge in [0.2, 0.25) is 5.91 Å². The Morgan fingerprint density at radius 3 is 1.12 bits per heavy atom. The van der Waals surface area contributed by atoms with Crippen LogP contribution in [-0.2, 0) is 23.9 Å². The Morgan fingerprint density at radius 1 is 0.464 bits per heavy atom. The lowest BCUT2D eigenvalue weighted by Gasteiger charge is -2.23. The van der Waals surface area contributed by atoms with E-state index in [1.165, 1.54) is 103 Å². The van der Waals surface area contributed by atoms with E-state index >= 15 is 0 Å². The van der Waals surface area contributed by atoms with Crippen LogP contribution in [0.3, 0.4) is 0 Å². The molecule has 0 bridgehead atoms. The van der Waals surface area contributed by atoms with Gasteiger partial charge in [0.05, 0.1) is 19.8 Å². The molecule has 7 heteroatoms. The van der Waals surface area contributed by atoms with E-state index in [9.17, 15) is 14.4 Å². The van der Waals surface area contributed by atoms with Crippen molar-refractivity contribution in [3.05, 3.63) is 0 Å². The van der Waals surface area contributed by atoms with Gasteiger partial charge in [-0.2, -0.15) is 0 Å². The van der Waals surface area contributed by atoms with Crippen molar-refractivity contribution in [1.29, 1.82) is 0 Å². The molecule has 0 aliphatic carbocycles. The number of nitrogens with zero attached hydrogens (tertiary/aromatic N) is 1. The smallest absolute Gasteiger partial charge is 0.306 e. The number of carbonyl (C=O) groups is 3. The highest BCUT2D eigenvalue weighted by atomic mass is 16.5. The summed E-state index contributed by atoms with van der Waals surface area (Å²) >= 11 is 0. The molecule has 0 aromatic carbocycles. The van der Waals surface area contributed by atoms with Crippen molar-refractivity contribution in [3.63, 3.8) is 0 Å². The molecule has 7 nitrogen and oxygen atoms in total. The van der Waals surface area contributed by atoms with E-state index in [1.807, 2.05) is 7.05 Å². The van der Waals surface area contributed by atoms with Crippen LogP contribution in [-0.4, -0.2) is 61.6 Å². The first-order chi connectivity index (χ1) is 27.2. The number of nitrogens with one attached hydrogen (secondary N) is 1. The number of hydrogen-bond donors (Lipinski definition) is 1. The number of carbonyl (C=O) groups excluding carboxylic acids is 3. The molecule has 0 aliphatic heterocycles. The summed E-state index contributed by atoms with van der Waals surface area (Å²) in [5.41, 5.74) is 0. The van der Waals surface area contributed by atoms with Crippen molar-refractivity contribution in [2.45, 2.75) is 259 Å². The summed E-state index contributed by atoms with van der Waals surface area (Å²) in [6, 6.07) is 0.579. The second kappa shape index (κ2) is 40.2. The predicted octanol–water partition coefficient (Wildman–Crippen LogP) is 13.7. The van der Waals surface area contributed by atoms with E-state index in [4.69, 9.17) is 9.47 Å². The monoisotopic (exact) mass is 793 g/mol. The first kappa shape index (κ1) is 54.4. The highest BCUT2D eigenvalue weighted by molar-refractivity contribution is 5.78. The molecule has 0 saturated heterocycles. The summed E-state index contributed by atoms with van der Waals surface area (Å²) in [5, 5.41) is 3.37. The molecule has 0 radical (unpaired) electrons. The number of esters is 2. The minimum absolute atomic E-state index is 0.00272. The average Bonchev–Trinajstić information content (AvgIpc) is 3.16. The van der Waals surface area contributed by atoms with E-state index < -0.39 is 0 Å². The van der Waals surface area contributed by atoms with Gasteiger partial charge >= 0.3 is 11.9 Å². The van der Waals surface area contributed by atoms with E-state index in [-0.39, 0.29) is 23.9 Å². The second-order valence-corrected chi connectivity index (χ2v) is 17.7. The predicted molar refractivity (Wildman–Crippen MR) is 239 cm³/mol. The molecule has 56 heavy (non-hydrogen) atoms. The van der Waals surface area contributed by atoms with Gasteiger partial charge in [-0.3, -0.25) is 19.3 Å². The molecule has 0 rings (SSSR count). The van der Waals surface area contributed by atoms with Crippen molar-refractivity contribution in [3.8, 4) is 0 Å². The van der Waals surface area contributed by atoms with Gasteiger partial charge in [0.15, 0.2) is 0 Å². The fraction of sp³-hybridized carbons (Fsp3) is 0.939. The maximum absolute atomic E-state index is 12.9. The summed E-state index contributed by atoms with van der Waals surface area (Å²) in [5.74, 6) is 1.12. The van der Waals surface area contributed by atoms with E-state index in [0.29, 0.717) is 50.5 Å². The van der Waals surface area contributed by atoms with Gasteiger partial charge < -0.3 is 14.8 Å². The lowest BCUT2D eigenvalue weighted by molar-refractivity contribution is -0.146. The van der Waals surface area contributed by atoms with E-state index in [2.05, 4.69) is 51.8 Å². The average molecular weight is 793 g/mol. The Labute approximate surface area is 348 Å². The molecular weight excluding hydrogens is 697 g/mol. The minimum Gasteiger partial charge on any atom is -0.466 e. The Balaban J connectivity index is 4.35. The van der Waals surface area contributed by atoms with Gasteiger partial charge in [0.25, 0.3) is 0 Å². The van der Waals surface area contributed by atoms with Gasteiger partial charge in [-0.05, 0) is 84.1 Å². The number of unbranched alkanes of at least 4 members (excludes halogenated alkanes) is 18. The lowest BCUT2D eigenvalue weighted by atomic mass is 9.92. The first-order valence-electron chi connectivity index (χ1n) is 24.5. The summed E-state index contributed by atoms with van der Waals surface area (Å²) in [7, 11) is 2.01. The normalized spacial score (nSPS) is 12.3. The molecule has 1 amide bonds.